The molecular weight excluding hydrogens is 549 g/mol. The Morgan fingerprint density at radius 1 is 0.600 bits per heavy atom. The molecule has 218 valence electrons. The second-order valence-corrected chi connectivity index (χ2v) is 14.7. The molecule has 0 spiro atoms. The molecule has 0 saturated carbocycles. The third-order valence-electron chi connectivity index (χ3n) is 7.01. The van der Waals surface area contributed by atoms with E-state index in [-0.39, 0.29) is 5.30 Å². The Kier molecular flexibility index (Phi) is 14.8. The molecule has 0 aliphatic heterocycles. The average Bonchev–Trinajstić information content (AvgIpc) is 2.95. The minimum absolute atomic E-state index is 0.251. The Bertz CT molecular complexity index is 1080. The van der Waals surface area contributed by atoms with Crippen LogP contribution in [0.3, 0.4) is 0 Å². The summed E-state index contributed by atoms with van der Waals surface area (Å²) >= 11 is 1.14. The van der Waals surface area contributed by atoms with Gasteiger partial charge in [-0.05, 0) is 123 Å². The van der Waals surface area contributed by atoms with Gasteiger partial charge in [-0.25, -0.2) is 4.79 Å². The van der Waals surface area contributed by atoms with Crippen LogP contribution in [0.4, 0.5) is 4.79 Å². The molecular formula is C35H48O2S3. The summed E-state index contributed by atoms with van der Waals surface area (Å²) in [5.41, 5.74) is 3.76. The molecule has 0 N–H and O–H groups in total. The molecule has 5 heteroatoms. The third kappa shape index (κ3) is 12.4. The average molecular weight is 597 g/mol. The minimum atomic E-state index is -0.430. The topological polar surface area (TPSA) is 26.3 Å². The molecule has 0 aromatic heterocycles. The second kappa shape index (κ2) is 17.2. The van der Waals surface area contributed by atoms with Gasteiger partial charge in [0.25, 0.3) is 0 Å². The predicted octanol–water partition coefficient (Wildman–Crippen LogP) is 12.7. The number of carbonyl (C=O) groups is 1. The van der Waals surface area contributed by atoms with E-state index in [1.54, 1.807) is 0 Å². The molecule has 0 heterocycles. The summed E-state index contributed by atoms with van der Waals surface area (Å²) in [7, 11) is 3.68. The highest BCUT2D eigenvalue weighted by atomic mass is 33.1. The van der Waals surface area contributed by atoms with Crippen molar-refractivity contribution in [1.82, 2.24) is 0 Å². The Morgan fingerprint density at radius 2 is 0.900 bits per heavy atom. The van der Waals surface area contributed by atoms with Crippen LogP contribution in [0.15, 0.2) is 87.5 Å². The van der Waals surface area contributed by atoms with E-state index in [1.165, 1.54) is 39.3 Å². The summed E-state index contributed by atoms with van der Waals surface area (Å²) in [6.07, 6.45) is 3.52. The van der Waals surface area contributed by atoms with Crippen molar-refractivity contribution in [2.45, 2.75) is 120 Å². The summed E-state index contributed by atoms with van der Waals surface area (Å²) in [5.74, 6) is 1.87. The molecule has 0 bridgehead atoms. The van der Waals surface area contributed by atoms with Crippen LogP contribution in [-0.2, 0) is 4.74 Å². The van der Waals surface area contributed by atoms with Gasteiger partial charge in [0.15, 0.2) is 0 Å². The number of carbonyl (C=O) groups excluding carboxylic acids is 1. The highest BCUT2D eigenvalue weighted by molar-refractivity contribution is 8.76. The quantitative estimate of drug-likeness (QED) is 0.132. The molecule has 0 aliphatic rings. The summed E-state index contributed by atoms with van der Waals surface area (Å²) < 4.78 is 5.26. The highest BCUT2D eigenvalue weighted by Crippen LogP contribution is 2.38. The first kappa shape index (κ1) is 34.4. The van der Waals surface area contributed by atoms with Crippen molar-refractivity contribution >= 4 is 38.7 Å². The van der Waals surface area contributed by atoms with Gasteiger partial charge in [0.2, 0.25) is 0 Å². The van der Waals surface area contributed by atoms with Crippen LogP contribution in [0, 0.1) is 0 Å². The minimum Gasteiger partial charge on any atom is -0.452 e. The molecule has 0 amide bonds. The van der Waals surface area contributed by atoms with Gasteiger partial charge in [0.1, 0.15) is 5.60 Å². The zero-order valence-corrected chi connectivity index (χ0v) is 28.3. The lowest BCUT2D eigenvalue weighted by atomic mass is 9.99. The third-order valence-corrected chi connectivity index (χ3v) is 10.2. The van der Waals surface area contributed by atoms with Crippen molar-refractivity contribution in [3.05, 3.63) is 89.5 Å². The maximum Gasteiger partial charge on any atom is 0.372 e. The fourth-order valence-electron chi connectivity index (χ4n) is 3.74. The van der Waals surface area contributed by atoms with Gasteiger partial charge < -0.3 is 4.74 Å². The number of ether oxygens (including phenoxy) is 1. The number of benzene rings is 3. The van der Waals surface area contributed by atoms with E-state index in [2.05, 4.69) is 102 Å². The van der Waals surface area contributed by atoms with Crippen molar-refractivity contribution in [2.75, 3.05) is 0 Å². The summed E-state index contributed by atoms with van der Waals surface area (Å²) in [6.45, 7) is 19.1. The molecule has 0 saturated heterocycles. The monoisotopic (exact) mass is 596 g/mol. The molecule has 0 fully saturated rings. The Morgan fingerprint density at radius 3 is 1.18 bits per heavy atom. The molecule has 3 atom stereocenters. The van der Waals surface area contributed by atoms with Crippen LogP contribution in [0.25, 0.3) is 0 Å². The first-order valence-electron chi connectivity index (χ1n) is 14.5. The smallest absolute Gasteiger partial charge is 0.372 e. The van der Waals surface area contributed by atoms with Crippen molar-refractivity contribution in [3.63, 3.8) is 0 Å². The zero-order chi connectivity index (χ0) is 29.7. The Labute approximate surface area is 256 Å². The van der Waals surface area contributed by atoms with Gasteiger partial charge in [0.05, 0.1) is 0 Å². The molecule has 40 heavy (non-hydrogen) atoms. The van der Waals surface area contributed by atoms with Gasteiger partial charge in [0, 0.05) is 14.7 Å². The van der Waals surface area contributed by atoms with E-state index < -0.39 is 5.60 Å². The molecule has 3 aromatic carbocycles. The van der Waals surface area contributed by atoms with Gasteiger partial charge in [-0.3, -0.25) is 0 Å². The zero-order valence-electron chi connectivity index (χ0n) is 25.8. The maximum absolute atomic E-state index is 11.6. The SMILES string of the molecule is CCC(C)c1ccc(SC(=O)OC(C)(C)C)cc1.CCC(C)c1ccc(SSc2ccc(C(C)CC)cc2)cc1. The maximum atomic E-state index is 11.6. The van der Waals surface area contributed by atoms with Crippen molar-refractivity contribution < 1.29 is 9.53 Å². The molecule has 2 nitrogen and oxygen atoms in total. The lowest BCUT2D eigenvalue weighted by Gasteiger charge is -2.18. The summed E-state index contributed by atoms with van der Waals surface area (Å²) in [4.78, 5) is 15.2. The first-order valence-corrected chi connectivity index (χ1v) is 17.5. The molecule has 0 radical (unpaired) electrons. The largest absolute Gasteiger partial charge is 0.452 e. The Hall–Kier alpha value is -1.82. The van der Waals surface area contributed by atoms with E-state index in [1.807, 2.05) is 54.5 Å². The fraction of sp³-hybridized carbons (Fsp3) is 0.457. The molecule has 3 aromatic rings. The van der Waals surface area contributed by atoms with Gasteiger partial charge in [-0.1, -0.05) is 99.5 Å². The fourth-order valence-corrected chi connectivity index (χ4v) is 6.43. The van der Waals surface area contributed by atoms with Crippen LogP contribution in [0.1, 0.15) is 116 Å². The van der Waals surface area contributed by atoms with Crippen molar-refractivity contribution in [1.29, 1.82) is 0 Å². The van der Waals surface area contributed by atoms with Crippen LogP contribution in [0.2, 0.25) is 0 Å². The Balaban J connectivity index is 0.000000286. The summed E-state index contributed by atoms with van der Waals surface area (Å²) in [6, 6.07) is 26.2. The van der Waals surface area contributed by atoms with Crippen LogP contribution >= 0.6 is 33.3 Å². The van der Waals surface area contributed by atoms with E-state index in [9.17, 15) is 4.79 Å². The molecule has 3 unspecified atom stereocenters. The van der Waals surface area contributed by atoms with Crippen LogP contribution in [-0.4, -0.2) is 10.9 Å². The number of hydrogen-bond acceptors (Lipinski definition) is 5. The standard InChI is InChI=1S/C20H26S2.C15H22O2S/c1-5-15(3)17-7-11-19(12-8-17)21-22-20-13-9-18(10-14-20)16(4)6-2;1-6-11(2)12-7-9-13(10-8-12)18-14(16)17-15(3,4)5/h7-16H,5-6H2,1-4H3;7-11H,6H2,1-5H3. The number of rotatable bonds is 10. The van der Waals surface area contributed by atoms with Crippen molar-refractivity contribution in [3.8, 4) is 0 Å². The van der Waals surface area contributed by atoms with Gasteiger partial charge >= 0.3 is 5.30 Å². The second-order valence-electron chi connectivity index (χ2n) is 11.4. The molecule has 0 aliphatic carbocycles. The highest BCUT2D eigenvalue weighted by Gasteiger charge is 2.17. The molecule has 3 rings (SSSR count). The van der Waals surface area contributed by atoms with Crippen LogP contribution in [0.5, 0.6) is 0 Å². The summed E-state index contributed by atoms with van der Waals surface area (Å²) in [5, 5.41) is -0.251. The lowest BCUT2D eigenvalue weighted by Crippen LogP contribution is -2.21. The number of thioether (sulfide) groups is 1. The van der Waals surface area contributed by atoms with Crippen LogP contribution < -0.4 is 0 Å². The van der Waals surface area contributed by atoms with E-state index in [0.717, 1.165) is 23.1 Å². The van der Waals surface area contributed by atoms with E-state index in [0.29, 0.717) is 17.8 Å². The van der Waals surface area contributed by atoms with E-state index >= 15 is 0 Å². The number of hydrogen-bond donors (Lipinski definition) is 0. The predicted molar refractivity (Wildman–Crippen MR) is 179 cm³/mol. The normalized spacial score (nSPS) is 13.5. The van der Waals surface area contributed by atoms with Gasteiger partial charge in [-0.15, -0.1) is 0 Å². The first-order chi connectivity index (χ1) is 18.9. The van der Waals surface area contributed by atoms with Gasteiger partial charge in [-0.2, -0.15) is 0 Å². The van der Waals surface area contributed by atoms with E-state index in [4.69, 9.17) is 4.74 Å². The van der Waals surface area contributed by atoms with Crippen molar-refractivity contribution in [2.24, 2.45) is 0 Å². The lowest BCUT2D eigenvalue weighted by molar-refractivity contribution is 0.0738.